The van der Waals surface area contributed by atoms with Crippen LogP contribution in [0.15, 0.2) is 58.4 Å². The number of hydrogen-bond acceptors (Lipinski definition) is 5. The molecule has 1 saturated heterocycles. The van der Waals surface area contributed by atoms with Crippen molar-refractivity contribution in [3.05, 3.63) is 86.4 Å². The van der Waals surface area contributed by atoms with Gasteiger partial charge in [-0.1, -0.05) is 12.1 Å². The summed E-state index contributed by atoms with van der Waals surface area (Å²) in [5.74, 6) is -3.03. The fourth-order valence-corrected chi connectivity index (χ4v) is 4.52. The number of carboxylic acid groups (broad SMARTS) is 1. The average Bonchev–Trinajstić information content (AvgIpc) is 3.71. The van der Waals surface area contributed by atoms with Crippen molar-refractivity contribution in [2.24, 2.45) is 0 Å². The van der Waals surface area contributed by atoms with Crippen LogP contribution in [0, 0.1) is 11.6 Å². The molecule has 11 heteroatoms. The number of nitrogens with one attached hydrogen (secondary N) is 2. The van der Waals surface area contributed by atoms with Gasteiger partial charge in [-0.15, -0.1) is 12.4 Å². The molecule has 0 bridgehead atoms. The first-order valence-electron chi connectivity index (χ1n) is 11.7. The number of carboxylic acids is 1. The number of fused-ring (bicyclic) bond motifs is 2. The predicted molar refractivity (Wildman–Crippen MR) is 140 cm³/mol. The molecule has 0 atom stereocenters. The summed E-state index contributed by atoms with van der Waals surface area (Å²) in [6.07, 6.45) is 4.39. The van der Waals surface area contributed by atoms with Crippen molar-refractivity contribution < 1.29 is 18.7 Å². The first kappa shape index (κ1) is 26.3. The van der Waals surface area contributed by atoms with Crippen LogP contribution in [-0.4, -0.2) is 46.8 Å². The lowest BCUT2D eigenvalue weighted by molar-refractivity contribution is 0.0694. The van der Waals surface area contributed by atoms with Gasteiger partial charge in [-0.05, 0) is 31.0 Å². The topological polar surface area (TPSA) is 107 Å². The van der Waals surface area contributed by atoms with Crippen LogP contribution in [0.3, 0.4) is 0 Å². The fraction of sp³-hybridized carbons (Fsp3) is 0.269. The minimum Gasteiger partial charge on any atom is -0.477 e. The highest BCUT2D eigenvalue weighted by Crippen LogP contribution is 2.39. The first-order chi connectivity index (χ1) is 17.4. The van der Waals surface area contributed by atoms with Gasteiger partial charge in [0.2, 0.25) is 5.43 Å². The molecule has 1 aliphatic heterocycles. The van der Waals surface area contributed by atoms with Crippen molar-refractivity contribution in [1.29, 1.82) is 0 Å². The number of nitrogens with zero attached hydrogens (tertiary/aromatic N) is 2. The third-order valence-corrected chi connectivity index (χ3v) is 6.45. The number of piperazine rings is 1. The summed E-state index contributed by atoms with van der Waals surface area (Å²) < 4.78 is 31.4. The van der Waals surface area contributed by atoms with Crippen molar-refractivity contribution in [1.82, 2.24) is 14.9 Å². The number of carbonyl (C=O) groups is 1. The number of aromatic amines is 1. The molecule has 8 nitrogen and oxygen atoms in total. The summed E-state index contributed by atoms with van der Waals surface area (Å²) >= 11 is 0. The molecule has 2 aromatic heterocycles. The van der Waals surface area contributed by atoms with Gasteiger partial charge in [0.05, 0.1) is 10.9 Å². The Bertz CT molecular complexity index is 1590. The molecule has 3 heterocycles. The number of aromatic carboxylic acids is 1. The molecule has 0 amide bonds. The zero-order valence-corrected chi connectivity index (χ0v) is 20.5. The first-order valence-corrected chi connectivity index (χ1v) is 11.7. The van der Waals surface area contributed by atoms with E-state index in [4.69, 9.17) is 0 Å². The summed E-state index contributed by atoms with van der Waals surface area (Å²) in [5.41, 5.74) is -0.519. The summed E-state index contributed by atoms with van der Waals surface area (Å²) in [6.45, 7) is 2.15. The lowest BCUT2D eigenvalue weighted by Crippen LogP contribution is -2.44. The van der Waals surface area contributed by atoms with E-state index in [-0.39, 0.29) is 40.5 Å². The number of pyridine rings is 2. The maximum absolute atomic E-state index is 15.3. The van der Waals surface area contributed by atoms with E-state index >= 15 is 4.39 Å². The minimum atomic E-state index is -1.40. The third-order valence-electron chi connectivity index (χ3n) is 6.45. The van der Waals surface area contributed by atoms with Crippen molar-refractivity contribution in [2.75, 3.05) is 31.1 Å². The SMILES string of the molecule is Cl.O=C(O)c1cn(C2CC2)c2c(F)c(N3CCNCC3)c(F)cc2c1=O.O=c1cc[nH]c2ccccc12. The zero-order valence-electron chi connectivity index (χ0n) is 19.7. The Morgan fingerprint density at radius 2 is 1.73 bits per heavy atom. The normalized spacial score (nSPS) is 15.1. The van der Waals surface area contributed by atoms with E-state index in [1.54, 1.807) is 11.1 Å². The predicted octanol–water partition coefficient (Wildman–Crippen LogP) is 3.67. The van der Waals surface area contributed by atoms with Gasteiger partial charge >= 0.3 is 5.97 Å². The number of para-hydroxylation sites is 1. The van der Waals surface area contributed by atoms with Gasteiger partial charge in [0.25, 0.3) is 0 Å². The van der Waals surface area contributed by atoms with Gasteiger partial charge in [-0.3, -0.25) is 9.59 Å². The molecule has 2 aliphatic rings. The summed E-state index contributed by atoms with van der Waals surface area (Å²) in [5, 5.41) is 12.9. The molecule has 6 rings (SSSR count). The molecule has 194 valence electrons. The molecule has 3 N–H and O–H groups in total. The molecule has 2 fully saturated rings. The molecule has 0 radical (unpaired) electrons. The monoisotopic (exact) mass is 530 g/mol. The molecule has 1 saturated carbocycles. The minimum absolute atomic E-state index is 0. The van der Waals surface area contributed by atoms with Crippen LogP contribution in [0.4, 0.5) is 14.5 Å². The Morgan fingerprint density at radius 1 is 1.03 bits per heavy atom. The van der Waals surface area contributed by atoms with Crippen molar-refractivity contribution in [3.63, 3.8) is 0 Å². The Morgan fingerprint density at radius 3 is 2.38 bits per heavy atom. The molecule has 4 aromatic rings. The van der Waals surface area contributed by atoms with E-state index < -0.39 is 28.6 Å². The van der Waals surface area contributed by atoms with E-state index in [0.29, 0.717) is 26.2 Å². The number of anilines is 1. The van der Waals surface area contributed by atoms with Gasteiger partial charge in [0, 0.05) is 61.6 Å². The Labute approximate surface area is 215 Å². The molecule has 2 aromatic carbocycles. The highest BCUT2D eigenvalue weighted by Gasteiger charge is 2.31. The van der Waals surface area contributed by atoms with Gasteiger partial charge in [0.15, 0.2) is 11.2 Å². The summed E-state index contributed by atoms with van der Waals surface area (Å²) in [7, 11) is 0. The maximum atomic E-state index is 15.3. The third kappa shape index (κ3) is 5.07. The summed E-state index contributed by atoms with van der Waals surface area (Å²) in [4.78, 5) is 39.5. The van der Waals surface area contributed by atoms with Crippen LogP contribution in [-0.2, 0) is 0 Å². The highest BCUT2D eigenvalue weighted by atomic mass is 35.5. The fourth-order valence-electron chi connectivity index (χ4n) is 4.52. The largest absolute Gasteiger partial charge is 0.477 e. The van der Waals surface area contributed by atoms with E-state index in [1.807, 2.05) is 24.3 Å². The highest BCUT2D eigenvalue weighted by molar-refractivity contribution is 5.94. The van der Waals surface area contributed by atoms with Gasteiger partial charge < -0.3 is 24.9 Å². The van der Waals surface area contributed by atoms with E-state index in [0.717, 1.165) is 29.8 Å². The molecule has 0 unspecified atom stereocenters. The second kappa shape index (κ2) is 10.7. The number of aromatic nitrogens is 2. The average molecular weight is 531 g/mol. The summed E-state index contributed by atoms with van der Waals surface area (Å²) in [6, 6.07) is 9.91. The number of halogens is 3. The van der Waals surface area contributed by atoms with Crippen molar-refractivity contribution >= 4 is 45.9 Å². The van der Waals surface area contributed by atoms with Crippen LogP contribution in [0.25, 0.3) is 21.8 Å². The molecule has 1 aliphatic carbocycles. The molecule has 37 heavy (non-hydrogen) atoms. The Hall–Kier alpha value is -3.76. The van der Waals surface area contributed by atoms with E-state index in [1.165, 1.54) is 16.8 Å². The van der Waals surface area contributed by atoms with Crippen molar-refractivity contribution in [3.8, 4) is 0 Å². The maximum Gasteiger partial charge on any atom is 0.341 e. The Kier molecular flexibility index (Phi) is 7.60. The second-order valence-corrected chi connectivity index (χ2v) is 8.86. The van der Waals surface area contributed by atoms with Gasteiger partial charge in [0.1, 0.15) is 17.1 Å². The quantitative estimate of drug-likeness (QED) is 0.373. The smallest absolute Gasteiger partial charge is 0.341 e. The number of benzene rings is 2. The van der Waals surface area contributed by atoms with Crippen LogP contribution in [0.2, 0.25) is 0 Å². The van der Waals surface area contributed by atoms with Gasteiger partial charge in [-0.2, -0.15) is 0 Å². The van der Waals surface area contributed by atoms with Crippen LogP contribution < -0.4 is 21.1 Å². The molecular weight excluding hydrogens is 506 g/mol. The molecule has 0 spiro atoms. The zero-order chi connectivity index (χ0) is 25.4. The lowest BCUT2D eigenvalue weighted by Gasteiger charge is -2.30. The van der Waals surface area contributed by atoms with Crippen LogP contribution in [0.5, 0.6) is 0 Å². The van der Waals surface area contributed by atoms with E-state index in [9.17, 15) is 23.9 Å². The Balaban J connectivity index is 0.000000224. The molecular formula is C26H25ClF2N4O4. The second-order valence-electron chi connectivity index (χ2n) is 8.86. The van der Waals surface area contributed by atoms with Crippen molar-refractivity contribution in [2.45, 2.75) is 18.9 Å². The lowest BCUT2D eigenvalue weighted by atomic mass is 10.1. The van der Waals surface area contributed by atoms with Crippen LogP contribution >= 0.6 is 12.4 Å². The van der Waals surface area contributed by atoms with E-state index in [2.05, 4.69) is 10.3 Å². The van der Waals surface area contributed by atoms with Gasteiger partial charge in [-0.25, -0.2) is 13.6 Å². The standard InChI is InChI=1S/C17H17F2N3O3.C9H7NO.ClH/c18-12-7-10-14(13(19)15(12)21-5-3-20-4-6-21)22(9-1-2-9)8-11(16(10)23)17(24)25;11-9-5-6-10-8-4-2-1-3-7(8)9;/h7-9,20H,1-6H2,(H,24,25);1-6H,(H,10,11);1H. The van der Waals surface area contributed by atoms with Crippen LogP contribution in [0.1, 0.15) is 29.2 Å². The number of rotatable bonds is 3. The number of hydrogen-bond donors (Lipinski definition) is 3. The number of H-pyrrole nitrogens is 1.